The number of methoxy groups -OCH3 is 1. The third kappa shape index (κ3) is 5.41. The lowest BCUT2D eigenvalue weighted by molar-refractivity contribution is -0.385. The number of rotatable bonds is 9. The molecule has 1 heterocycles. The largest absolute Gasteiger partial charge is 0.493 e. The number of benzene rings is 2. The van der Waals surface area contributed by atoms with E-state index in [-0.39, 0.29) is 28.7 Å². The molecule has 3 aromatic rings. The van der Waals surface area contributed by atoms with Crippen molar-refractivity contribution in [3.63, 3.8) is 0 Å². The van der Waals surface area contributed by atoms with E-state index >= 15 is 0 Å². The van der Waals surface area contributed by atoms with Crippen molar-refractivity contribution < 1.29 is 28.7 Å². The first kappa shape index (κ1) is 22.8. The van der Waals surface area contributed by atoms with Crippen LogP contribution in [0.5, 0.6) is 11.5 Å². The van der Waals surface area contributed by atoms with Crippen molar-refractivity contribution in [2.45, 2.75) is 6.92 Å². The fraction of sp³-hybridized carbons (Fsp3) is 0.182. The minimum Gasteiger partial charge on any atom is -0.493 e. The van der Waals surface area contributed by atoms with Gasteiger partial charge in [0.1, 0.15) is 4.88 Å². The van der Waals surface area contributed by atoms with Gasteiger partial charge in [0.25, 0.3) is 11.6 Å². The van der Waals surface area contributed by atoms with Crippen molar-refractivity contribution in [1.29, 1.82) is 0 Å². The Morgan fingerprint density at radius 3 is 2.50 bits per heavy atom. The molecule has 0 atom stereocenters. The number of amides is 1. The van der Waals surface area contributed by atoms with Crippen LogP contribution in [0.2, 0.25) is 0 Å². The van der Waals surface area contributed by atoms with Crippen LogP contribution in [-0.4, -0.2) is 37.1 Å². The van der Waals surface area contributed by atoms with Crippen LogP contribution in [0.15, 0.2) is 54.6 Å². The SMILES string of the molecule is CCOC(=O)c1sc(-c2ccccc2)cc1NC(=O)COc1cc([N+](=O)[O-])ccc1OC. The number of nitro groups is 1. The predicted molar refractivity (Wildman–Crippen MR) is 119 cm³/mol. The number of anilines is 1. The third-order valence-corrected chi connectivity index (χ3v) is 5.41. The third-order valence-electron chi connectivity index (χ3n) is 4.24. The van der Waals surface area contributed by atoms with Gasteiger partial charge in [-0.05, 0) is 24.6 Å². The van der Waals surface area contributed by atoms with Gasteiger partial charge in [0.2, 0.25) is 0 Å². The summed E-state index contributed by atoms with van der Waals surface area (Å²) in [6, 6.07) is 14.9. The van der Waals surface area contributed by atoms with Crippen LogP contribution in [0.3, 0.4) is 0 Å². The highest BCUT2D eigenvalue weighted by atomic mass is 32.1. The van der Waals surface area contributed by atoms with Gasteiger partial charge in [0.05, 0.1) is 30.4 Å². The molecule has 1 N–H and O–H groups in total. The number of hydrogen-bond acceptors (Lipinski definition) is 8. The Labute approximate surface area is 187 Å². The molecule has 0 fully saturated rings. The first-order valence-electron chi connectivity index (χ1n) is 9.54. The van der Waals surface area contributed by atoms with Crippen LogP contribution >= 0.6 is 11.3 Å². The predicted octanol–water partition coefficient (Wildman–Crippen LogP) is 4.53. The summed E-state index contributed by atoms with van der Waals surface area (Å²) in [4.78, 5) is 36.4. The second-order valence-electron chi connectivity index (χ2n) is 6.37. The second kappa shape index (κ2) is 10.4. The van der Waals surface area contributed by atoms with Gasteiger partial charge in [-0.25, -0.2) is 4.79 Å². The standard InChI is InChI=1S/C22H20N2O7S/c1-3-30-22(26)21-16(12-19(32-21)14-7-5-4-6-8-14)23-20(25)13-31-18-11-15(24(27)28)9-10-17(18)29-2/h4-12H,3,13H2,1-2H3,(H,23,25). The topological polar surface area (TPSA) is 117 Å². The Bertz CT molecular complexity index is 1130. The number of thiophene rings is 1. The molecule has 10 heteroatoms. The van der Waals surface area contributed by atoms with Crippen LogP contribution in [-0.2, 0) is 9.53 Å². The lowest BCUT2D eigenvalue weighted by atomic mass is 10.2. The molecule has 3 rings (SSSR count). The normalized spacial score (nSPS) is 10.3. The Hall–Kier alpha value is -3.92. The fourth-order valence-corrected chi connectivity index (χ4v) is 3.81. The molecule has 0 unspecified atom stereocenters. The van der Waals surface area contributed by atoms with Crippen LogP contribution in [0.4, 0.5) is 11.4 Å². The molecule has 166 valence electrons. The quantitative estimate of drug-likeness (QED) is 0.286. The summed E-state index contributed by atoms with van der Waals surface area (Å²) in [7, 11) is 1.39. The van der Waals surface area contributed by atoms with Gasteiger partial charge in [-0.3, -0.25) is 14.9 Å². The van der Waals surface area contributed by atoms with Crippen LogP contribution in [0, 0.1) is 10.1 Å². The molecule has 32 heavy (non-hydrogen) atoms. The lowest BCUT2D eigenvalue weighted by Gasteiger charge is -2.11. The zero-order valence-corrected chi connectivity index (χ0v) is 18.1. The van der Waals surface area contributed by atoms with Crippen molar-refractivity contribution in [3.05, 3.63) is 69.6 Å². The number of nitro benzene ring substituents is 1. The Balaban J connectivity index is 1.78. The maximum atomic E-state index is 12.5. The van der Waals surface area contributed by atoms with E-state index in [9.17, 15) is 19.7 Å². The summed E-state index contributed by atoms with van der Waals surface area (Å²) in [5.74, 6) is -0.798. The highest BCUT2D eigenvalue weighted by molar-refractivity contribution is 7.18. The van der Waals surface area contributed by atoms with Gasteiger partial charge < -0.3 is 19.5 Å². The Morgan fingerprint density at radius 2 is 1.84 bits per heavy atom. The average Bonchev–Trinajstić information content (AvgIpc) is 3.22. The molecule has 2 aromatic carbocycles. The van der Waals surface area contributed by atoms with E-state index in [1.807, 2.05) is 30.3 Å². The zero-order chi connectivity index (χ0) is 23.1. The summed E-state index contributed by atoms with van der Waals surface area (Å²) in [5.41, 5.74) is 0.990. The molecule has 0 spiro atoms. The zero-order valence-electron chi connectivity index (χ0n) is 17.3. The summed E-state index contributed by atoms with van der Waals surface area (Å²) >= 11 is 1.20. The monoisotopic (exact) mass is 456 g/mol. The molecule has 0 bridgehead atoms. The van der Waals surface area contributed by atoms with E-state index in [2.05, 4.69) is 5.32 Å². The van der Waals surface area contributed by atoms with Crippen molar-refractivity contribution in [3.8, 4) is 21.9 Å². The van der Waals surface area contributed by atoms with E-state index in [4.69, 9.17) is 14.2 Å². The van der Waals surface area contributed by atoms with Gasteiger partial charge in [-0.15, -0.1) is 11.3 Å². The summed E-state index contributed by atoms with van der Waals surface area (Å²) in [5, 5.41) is 13.6. The first-order valence-corrected chi connectivity index (χ1v) is 10.4. The molecule has 0 saturated heterocycles. The summed E-state index contributed by atoms with van der Waals surface area (Å²) in [6.45, 7) is 1.44. The molecule has 0 aliphatic rings. The molecular formula is C22H20N2O7S. The average molecular weight is 456 g/mol. The maximum Gasteiger partial charge on any atom is 0.350 e. The second-order valence-corrected chi connectivity index (χ2v) is 7.42. The molecule has 0 aliphatic heterocycles. The minimum absolute atomic E-state index is 0.0535. The molecule has 9 nitrogen and oxygen atoms in total. The van der Waals surface area contributed by atoms with Crippen LogP contribution in [0.1, 0.15) is 16.6 Å². The highest BCUT2D eigenvalue weighted by Gasteiger charge is 2.21. The highest BCUT2D eigenvalue weighted by Crippen LogP contribution is 2.35. The lowest BCUT2D eigenvalue weighted by Crippen LogP contribution is -2.21. The van der Waals surface area contributed by atoms with Crippen molar-refractivity contribution in [1.82, 2.24) is 0 Å². The Morgan fingerprint density at radius 1 is 1.09 bits per heavy atom. The molecule has 0 radical (unpaired) electrons. The van der Waals surface area contributed by atoms with E-state index in [0.717, 1.165) is 10.4 Å². The Kier molecular flexibility index (Phi) is 7.40. The summed E-state index contributed by atoms with van der Waals surface area (Å²) in [6.07, 6.45) is 0. The number of hydrogen-bond donors (Lipinski definition) is 1. The molecule has 0 aliphatic carbocycles. The number of nitrogens with one attached hydrogen (secondary N) is 1. The molecule has 1 aromatic heterocycles. The number of carbonyl (C=O) groups is 2. The van der Waals surface area contributed by atoms with Gasteiger partial charge in [-0.1, -0.05) is 30.3 Å². The maximum absolute atomic E-state index is 12.5. The van der Waals surface area contributed by atoms with Crippen molar-refractivity contribution >= 4 is 34.6 Å². The van der Waals surface area contributed by atoms with Gasteiger partial charge >= 0.3 is 5.97 Å². The van der Waals surface area contributed by atoms with E-state index in [1.165, 1.54) is 36.6 Å². The van der Waals surface area contributed by atoms with Crippen molar-refractivity contribution in [2.75, 3.05) is 25.6 Å². The van der Waals surface area contributed by atoms with E-state index < -0.39 is 23.4 Å². The number of nitrogens with zero attached hydrogens (tertiary/aromatic N) is 1. The molecule has 0 saturated carbocycles. The van der Waals surface area contributed by atoms with Gasteiger partial charge in [0.15, 0.2) is 18.1 Å². The van der Waals surface area contributed by atoms with Crippen molar-refractivity contribution in [2.24, 2.45) is 0 Å². The smallest absolute Gasteiger partial charge is 0.350 e. The van der Waals surface area contributed by atoms with E-state index in [1.54, 1.807) is 13.0 Å². The van der Waals surface area contributed by atoms with Crippen LogP contribution in [0.25, 0.3) is 10.4 Å². The number of non-ortho nitro benzene ring substituents is 1. The number of carbonyl (C=O) groups excluding carboxylic acids is 2. The minimum atomic E-state index is -0.575. The van der Waals surface area contributed by atoms with Gasteiger partial charge in [-0.2, -0.15) is 0 Å². The molecule has 1 amide bonds. The van der Waals surface area contributed by atoms with Gasteiger partial charge in [0, 0.05) is 10.9 Å². The summed E-state index contributed by atoms with van der Waals surface area (Å²) < 4.78 is 15.7. The van der Waals surface area contributed by atoms with Crippen LogP contribution < -0.4 is 14.8 Å². The molecular weight excluding hydrogens is 436 g/mol. The number of esters is 1. The van der Waals surface area contributed by atoms with E-state index in [0.29, 0.717) is 5.69 Å². The fourth-order valence-electron chi connectivity index (χ4n) is 2.80. The number of ether oxygens (including phenoxy) is 3. The first-order chi connectivity index (χ1) is 15.4.